The van der Waals surface area contributed by atoms with Crippen LogP contribution in [0.3, 0.4) is 0 Å². The summed E-state index contributed by atoms with van der Waals surface area (Å²) in [6.07, 6.45) is 0.845. The van der Waals surface area contributed by atoms with Crippen molar-refractivity contribution >= 4 is 11.8 Å². The van der Waals surface area contributed by atoms with Crippen molar-refractivity contribution in [2.45, 2.75) is 12.8 Å². The Labute approximate surface area is 107 Å². The summed E-state index contributed by atoms with van der Waals surface area (Å²) in [5.74, 6) is 9.75. The number of hydrazine groups is 2. The molecule has 1 aliphatic rings. The van der Waals surface area contributed by atoms with Crippen LogP contribution in [0.1, 0.15) is 12.8 Å². The minimum atomic E-state index is -0.142. The molecule has 0 saturated carbocycles. The van der Waals surface area contributed by atoms with Gasteiger partial charge in [0.1, 0.15) is 0 Å². The van der Waals surface area contributed by atoms with Crippen molar-refractivity contribution in [1.29, 1.82) is 0 Å². The summed E-state index contributed by atoms with van der Waals surface area (Å²) in [6.45, 7) is 5.06. The molecule has 0 spiro atoms. The smallest absolute Gasteiger partial charge is 0.235 e. The van der Waals surface area contributed by atoms with Crippen LogP contribution < -0.4 is 22.5 Å². The second kappa shape index (κ2) is 7.98. The van der Waals surface area contributed by atoms with E-state index in [9.17, 15) is 9.59 Å². The van der Waals surface area contributed by atoms with Gasteiger partial charge in [0.2, 0.25) is 11.8 Å². The summed E-state index contributed by atoms with van der Waals surface area (Å²) in [5, 5.41) is 0. The third kappa shape index (κ3) is 5.41. The molecule has 0 atom stereocenters. The van der Waals surface area contributed by atoms with Gasteiger partial charge in [-0.2, -0.15) is 0 Å². The Bertz CT molecular complexity index is 250. The topological polar surface area (TPSA) is 117 Å². The third-order valence-electron chi connectivity index (χ3n) is 3.10. The second-order valence-electron chi connectivity index (χ2n) is 4.32. The predicted octanol–water partition coefficient (Wildman–Crippen LogP) is -2.64. The van der Waals surface area contributed by atoms with Crippen LogP contribution in [0.2, 0.25) is 0 Å². The first-order valence-corrected chi connectivity index (χ1v) is 6.09. The zero-order chi connectivity index (χ0) is 13.4. The largest absolute Gasteiger partial charge is 0.300 e. The lowest BCUT2D eigenvalue weighted by Crippen LogP contribution is -2.48. The molecular formula is C10H22N6O2. The van der Waals surface area contributed by atoms with Crippen molar-refractivity contribution in [3.05, 3.63) is 0 Å². The highest BCUT2D eigenvalue weighted by Crippen LogP contribution is 2.03. The monoisotopic (exact) mass is 258 g/mol. The van der Waals surface area contributed by atoms with E-state index in [1.54, 1.807) is 0 Å². The van der Waals surface area contributed by atoms with E-state index in [2.05, 4.69) is 20.7 Å². The summed E-state index contributed by atoms with van der Waals surface area (Å²) >= 11 is 0. The normalized spacial score (nSPS) is 17.4. The quantitative estimate of drug-likeness (QED) is 0.235. The molecule has 1 aliphatic heterocycles. The number of rotatable bonds is 6. The third-order valence-corrected chi connectivity index (χ3v) is 3.10. The van der Waals surface area contributed by atoms with Gasteiger partial charge in [0, 0.05) is 52.1 Å². The Kier molecular flexibility index (Phi) is 6.58. The van der Waals surface area contributed by atoms with Crippen LogP contribution in [0.5, 0.6) is 0 Å². The molecule has 0 aliphatic carbocycles. The number of hydrogen-bond acceptors (Lipinski definition) is 6. The van der Waals surface area contributed by atoms with E-state index >= 15 is 0 Å². The zero-order valence-electron chi connectivity index (χ0n) is 10.5. The molecule has 8 heteroatoms. The molecule has 0 unspecified atom stereocenters. The number of carbonyl (C=O) groups is 2. The number of hydrogen-bond donors (Lipinski definition) is 4. The molecule has 2 amide bonds. The van der Waals surface area contributed by atoms with Gasteiger partial charge in [-0.05, 0) is 0 Å². The molecule has 0 aromatic heterocycles. The van der Waals surface area contributed by atoms with Crippen LogP contribution in [0.25, 0.3) is 0 Å². The van der Waals surface area contributed by atoms with Gasteiger partial charge in [-0.1, -0.05) is 0 Å². The summed E-state index contributed by atoms with van der Waals surface area (Å²) in [5.41, 5.74) is 4.24. The molecule has 6 N–H and O–H groups in total. The minimum Gasteiger partial charge on any atom is -0.300 e. The molecular weight excluding hydrogens is 236 g/mol. The van der Waals surface area contributed by atoms with Gasteiger partial charge >= 0.3 is 0 Å². The maximum Gasteiger partial charge on any atom is 0.235 e. The Morgan fingerprint density at radius 2 is 1.17 bits per heavy atom. The highest BCUT2D eigenvalue weighted by molar-refractivity contribution is 5.75. The standard InChI is InChI=1S/C10H22N6O2/c11-13-9(17)1-3-15-5-7-16(8-6-15)4-2-10(18)14-12/h1-8,11-12H2,(H,13,17)(H,14,18). The molecule has 1 rings (SSSR count). The van der Waals surface area contributed by atoms with Gasteiger partial charge in [-0.25, -0.2) is 11.7 Å². The highest BCUT2D eigenvalue weighted by atomic mass is 16.2. The molecule has 0 aromatic carbocycles. The van der Waals surface area contributed by atoms with Gasteiger partial charge in [0.05, 0.1) is 0 Å². The minimum absolute atomic E-state index is 0.142. The van der Waals surface area contributed by atoms with Crippen molar-refractivity contribution < 1.29 is 9.59 Å². The summed E-state index contributed by atoms with van der Waals surface area (Å²) in [6, 6.07) is 0. The summed E-state index contributed by atoms with van der Waals surface area (Å²) in [7, 11) is 0. The highest BCUT2D eigenvalue weighted by Gasteiger charge is 2.17. The van der Waals surface area contributed by atoms with E-state index in [0.717, 1.165) is 39.3 Å². The Morgan fingerprint density at radius 3 is 1.44 bits per heavy atom. The zero-order valence-corrected chi connectivity index (χ0v) is 10.5. The number of carbonyl (C=O) groups excluding carboxylic acids is 2. The average Bonchev–Trinajstić information content (AvgIpc) is 2.43. The van der Waals surface area contributed by atoms with E-state index in [1.807, 2.05) is 0 Å². The molecule has 0 bridgehead atoms. The first-order chi connectivity index (χ1) is 8.65. The predicted molar refractivity (Wildman–Crippen MR) is 66.8 cm³/mol. The van der Waals surface area contributed by atoms with Crippen molar-refractivity contribution in [3.63, 3.8) is 0 Å². The van der Waals surface area contributed by atoms with E-state index in [-0.39, 0.29) is 11.8 Å². The van der Waals surface area contributed by atoms with Crippen molar-refractivity contribution in [3.8, 4) is 0 Å². The molecule has 1 saturated heterocycles. The van der Waals surface area contributed by atoms with Crippen molar-refractivity contribution in [1.82, 2.24) is 20.7 Å². The molecule has 0 aromatic rings. The number of nitrogens with two attached hydrogens (primary N) is 2. The van der Waals surface area contributed by atoms with Gasteiger partial charge in [-0.15, -0.1) is 0 Å². The van der Waals surface area contributed by atoms with Crippen LogP contribution in [-0.2, 0) is 9.59 Å². The maximum absolute atomic E-state index is 11.0. The van der Waals surface area contributed by atoms with Crippen molar-refractivity contribution in [2.75, 3.05) is 39.3 Å². The van der Waals surface area contributed by atoms with E-state index in [1.165, 1.54) is 0 Å². The van der Waals surface area contributed by atoms with Crippen LogP contribution in [-0.4, -0.2) is 60.9 Å². The molecule has 0 radical (unpaired) electrons. The first-order valence-electron chi connectivity index (χ1n) is 6.09. The number of piperazine rings is 1. The lowest BCUT2D eigenvalue weighted by molar-refractivity contribution is -0.122. The molecule has 1 heterocycles. The molecule has 104 valence electrons. The van der Waals surface area contributed by atoms with Gasteiger partial charge in [-0.3, -0.25) is 20.4 Å². The van der Waals surface area contributed by atoms with Gasteiger partial charge in [0.15, 0.2) is 0 Å². The summed E-state index contributed by atoms with van der Waals surface area (Å²) < 4.78 is 0. The Morgan fingerprint density at radius 1 is 0.833 bits per heavy atom. The van der Waals surface area contributed by atoms with Crippen LogP contribution >= 0.6 is 0 Å². The lowest BCUT2D eigenvalue weighted by Gasteiger charge is -2.34. The molecule has 18 heavy (non-hydrogen) atoms. The van der Waals surface area contributed by atoms with E-state index in [0.29, 0.717) is 12.8 Å². The van der Waals surface area contributed by atoms with E-state index in [4.69, 9.17) is 11.7 Å². The van der Waals surface area contributed by atoms with E-state index < -0.39 is 0 Å². The van der Waals surface area contributed by atoms with Gasteiger partial charge < -0.3 is 9.80 Å². The molecule has 1 fully saturated rings. The fourth-order valence-corrected chi connectivity index (χ4v) is 1.90. The van der Waals surface area contributed by atoms with Crippen LogP contribution in [0.4, 0.5) is 0 Å². The number of nitrogens with zero attached hydrogens (tertiary/aromatic N) is 2. The fraction of sp³-hybridized carbons (Fsp3) is 0.800. The number of amides is 2. The second-order valence-corrected chi connectivity index (χ2v) is 4.32. The first kappa shape index (κ1) is 14.8. The lowest BCUT2D eigenvalue weighted by atomic mass is 10.2. The Hall–Kier alpha value is -1.22. The summed E-state index contributed by atoms with van der Waals surface area (Å²) in [4.78, 5) is 26.4. The maximum atomic E-state index is 11.0. The van der Waals surface area contributed by atoms with Crippen LogP contribution in [0.15, 0.2) is 0 Å². The van der Waals surface area contributed by atoms with Crippen LogP contribution in [0, 0.1) is 0 Å². The SMILES string of the molecule is NNC(=O)CCN1CCN(CCC(=O)NN)CC1. The van der Waals surface area contributed by atoms with Gasteiger partial charge in [0.25, 0.3) is 0 Å². The average molecular weight is 258 g/mol. The number of nitrogens with one attached hydrogen (secondary N) is 2. The fourth-order valence-electron chi connectivity index (χ4n) is 1.90. The van der Waals surface area contributed by atoms with Crippen molar-refractivity contribution in [2.24, 2.45) is 11.7 Å². The molecule has 8 nitrogen and oxygen atoms in total. The Balaban J connectivity index is 2.12.